The molecule has 2 aromatic carbocycles. The predicted molar refractivity (Wildman–Crippen MR) is 114 cm³/mol. The fourth-order valence-electron chi connectivity index (χ4n) is 3.17. The number of carbonyl (C=O) groups excluding carboxylic acids is 1. The van der Waals surface area contributed by atoms with E-state index in [1.165, 1.54) is 0 Å². The molecule has 0 atom stereocenters. The molecular weight excluding hydrogens is 376 g/mol. The molecule has 0 radical (unpaired) electrons. The normalized spacial score (nSPS) is 10.8. The second-order valence-corrected chi connectivity index (χ2v) is 6.65. The van der Waals surface area contributed by atoms with E-state index in [1.54, 1.807) is 29.0 Å². The highest BCUT2D eigenvalue weighted by molar-refractivity contribution is 6.04. The lowest BCUT2D eigenvalue weighted by Crippen LogP contribution is -2.11. The van der Waals surface area contributed by atoms with Gasteiger partial charge in [-0.15, -0.1) is 10.2 Å². The zero-order valence-electron chi connectivity index (χ0n) is 15.8. The quantitative estimate of drug-likeness (QED) is 0.498. The van der Waals surface area contributed by atoms with Crippen molar-refractivity contribution in [1.29, 1.82) is 0 Å². The van der Waals surface area contributed by atoms with Crippen LogP contribution in [0.25, 0.3) is 28.3 Å². The van der Waals surface area contributed by atoms with Gasteiger partial charge >= 0.3 is 0 Å². The first-order chi connectivity index (χ1) is 14.8. The van der Waals surface area contributed by atoms with Crippen LogP contribution in [0.1, 0.15) is 10.4 Å². The van der Waals surface area contributed by atoms with Gasteiger partial charge in [-0.05, 0) is 48.5 Å². The van der Waals surface area contributed by atoms with Gasteiger partial charge in [0.1, 0.15) is 0 Å². The van der Waals surface area contributed by atoms with Crippen molar-refractivity contribution in [2.75, 3.05) is 5.32 Å². The molecule has 0 aliphatic carbocycles. The standard InChI is InChI=1S/C23H16N6O/c30-23(17-5-2-1-3-6-17)25-19-8-4-7-18(15-19)20-9-10-21-26-27-22(29(21)28-20)16-11-13-24-14-12-16/h1-15H,(H,25,30). The van der Waals surface area contributed by atoms with Crippen molar-refractivity contribution >= 4 is 17.2 Å². The summed E-state index contributed by atoms with van der Waals surface area (Å²) in [6.07, 6.45) is 3.41. The van der Waals surface area contributed by atoms with Gasteiger partial charge in [0.25, 0.3) is 5.91 Å². The summed E-state index contributed by atoms with van der Waals surface area (Å²) in [7, 11) is 0. The molecule has 0 aliphatic rings. The molecule has 7 heteroatoms. The summed E-state index contributed by atoms with van der Waals surface area (Å²) >= 11 is 0. The van der Waals surface area contributed by atoms with Crippen molar-refractivity contribution in [2.24, 2.45) is 0 Å². The minimum absolute atomic E-state index is 0.157. The molecule has 0 spiro atoms. The number of fused-ring (bicyclic) bond motifs is 1. The van der Waals surface area contributed by atoms with Crippen LogP contribution in [0.2, 0.25) is 0 Å². The molecule has 7 nitrogen and oxygen atoms in total. The lowest BCUT2D eigenvalue weighted by Gasteiger charge is -2.08. The van der Waals surface area contributed by atoms with Gasteiger partial charge in [0.15, 0.2) is 11.5 Å². The molecule has 3 aromatic heterocycles. The van der Waals surface area contributed by atoms with Crippen molar-refractivity contribution < 1.29 is 4.79 Å². The molecule has 1 N–H and O–H groups in total. The maximum atomic E-state index is 12.5. The fourth-order valence-corrected chi connectivity index (χ4v) is 3.17. The van der Waals surface area contributed by atoms with E-state index < -0.39 is 0 Å². The van der Waals surface area contributed by atoms with E-state index in [1.807, 2.05) is 66.7 Å². The van der Waals surface area contributed by atoms with Crippen LogP contribution in [-0.2, 0) is 0 Å². The molecule has 0 bridgehead atoms. The lowest BCUT2D eigenvalue weighted by molar-refractivity contribution is 0.102. The molecule has 5 aromatic rings. The largest absolute Gasteiger partial charge is 0.322 e. The number of carbonyl (C=O) groups is 1. The zero-order chi connectivity index (χ0) is 20.3. The van der Waals surface area contributed by atoms with Crippen LogP contribution < -0.4 is 5.32 Å². The molecule has 0 fully saturated rings. The van der Waals surface area contributed by atoms with E-state index in [-0.39, 0.29) is 5.91 Å². The van der Waals surface area contributed by atoms with Crippen molar-refractivity contribution in [2.45, 2.75) is 0 Å². The zero-order valence-corrected chi connectivity index (χ0v) is 15.8. The Labute approximate surface area is 172 Å². The number of anilines is 1. The van der Waals surface area contributed by atoms with E-state index in [9.17, 15) is 4.79 Å². The van der Waals surface area contributed by atoms with Crippen LogP contribution in [0.4, 0.5) is 5.69 Å². The summed E-state index contributed by atoms with van der Waals surface area (Å²) in [5.74, 6) is 0.484. The summed E-state index contributed by atoms with van der Waals surface area (Å²) in [5, 5.41) is 16.1. The Morgan fingerprint density at radius 3 is 2.47 bits per heavy atom. The number of pyridine rings is 1. The van der Waals surface area contributed by atoms with Crippen LogP contribution in [0.15, 0.2) is 91.3 Å². The Morgan fingerprint density at radius 1 is 0.800 bits per heavy atom. The van der Waals surface area contributed by atoms with E-state index >= 15 is 0 Å². The molecule has 0 aliphatic heterocycles. The third-order valence-electron chi connectivity index (χ3n) is 4.65. The van der Waals surface area contributed by atoms with Gasteiger partial charge in [0.2, 0.25) is 0 Å². The fraction of sp³-hybridized carbons (Fsp3) is 0. The molecule has 144 valence electrons. The van der Waals surface area contributed by atoms with Crippen molar-refractivity contribution in [3.05, 3.63) is 96.8 Å². The highest BCUT2D eigenvalue weighted by atomic mass is 16.1. The molecule has 0 saturated heterocycles. The van der Waals surface area contributed by atoms with Gasteiger partial charge < -0.3 is 5.32 Å². The number of aromatic nitrogens is 5. The molecule has 0 unspecified atom stereocenters. The van der Waals surface area contributed by atoms with E-state index in [4.69, 9.17) is 5.10 Å². The number of rotatable bonds is 4. The maximum Gasteiger partial charge on any atom is 0.255 e. The van der Waals surface area contributed by atoms with E-state index in [2.05, 4.69) is 20.5 Å². The summed E-state index contributed by atoms with van der Waals surface area (Å²) in [5.41, 5.74) is 4.45. The Balaban J connectivity index is 1.48. The average Bonchev–Trinajstić information content (AvgIpc) is 3.24. The average molecular weight is 392 g/mol. The Bertz CT molecular complexity index is 1330. The van der Waals surface area contributed by atoms with Crippen LogP contribution in [0, 0.1) is 0 Å². The molecular formula is C23H16N6O. The minimum Gasteiger partial charge on any atom is -0.322 e. The van der Waals surface area contributed by atoms with Crippen molar-refractivity contribution in [3.8, 4) is 22.6 Å². The SMILES string of the molecule is O=C(Nc1cccc(-c2ccc3nnc(-c4ccncc4)n3n2)c1)c1ccccc1. The van der Waals surface area contributed by atoms with Gasteiger partial charge in [-0.1, -0.05) is 30.3 Å². The van der Waals surface area contributed by atoms with Gasteiger partial charge in [-0.25, -0.2) is 0 Å². The summed E-state index contributed by atoms with van der Waals surface area (Å²) in [6, 6.07) is 24.2. The topological polar surface area (TPSA) is 85.1 Å². The summed E-state index contributed by atoms with van der Waals surface area (Å²) < 4.78 is 1.71. The van der Waals surface area contributed by atoms with Crippen LogP contribution in [0.3, 0.4) is 0 Å². The maximum absolute atomic E-state index is 12.5. The van der Waals surface area contributed by atoms with Gasteiger partial charge in [0.05, 0.1) is 5.69 Å². The first-order valence-electron chi connectivity index (χ1n) is 9.38. The Kier molecular flexibility index (Phi) is 4.46. The van der Waals surface area contributed by atoms with Crippen molar-refractivity contribution in [1.82, 2.24) is 24.8 Å². The molecule has 30 heavy (non-hydrogen) atoms. The number of nitrogens with one attached hydrogen (secondary N) is 1. The Hall–Kier alpha value is -4.39. The van der Waals surface area contributed by atoms with Crippen LogP contribution in [-0.4, -0.2) is 30.7 Å². The number of nitrogens with zero attached hydrogens (tertiary/aromatic N) is 5. The van der Waals surface area contributed by atoms with Gasteiger partial charge in [0, 0.05) is 34.8 Å². The monoisotopic (exact) mass is 392 g/mol. The number of hydrogen-bond donors (Lipinski definition) is 1. The summed E-state index contributed by atoms with van der Waals surface area (Å²) in [6.45, 7) is 0. The minimum atomic E-state index is -0.157. The smallest absolute Gasteiger partial charge is 0.255 e. The van der Waals surface area contributed by atoms with Crippen LogP contribution >= 0.6 is 0 Å². The number of amides is 1. The molecule has 3 heterocycles. The van der Waals surface area contributed by atoms with Crippen LogP contribution in [0.5, 0.6) is 0 Å². The highest BCUT2D eigenvalue weighted by Gasteiger charge is 2.11. The van der Waals surface area contributed by atoms with Gasteiger partial charge in [-0.2, -0.15) is 9.61 Å². The Morgan fingerprint density at radius 2 is 1.63 bits per heavy atom. The number of benzene rings is 2. The van der Waals surface area contributed by atoms with Gasteiger partial charge in [-0.3, -0.25) is 9.78 Å². The third kappa shape index (κ3) is 3.40. The molecule has 5 rings (SSSR count). The summed E-state index contributed by atoms with van der Waals surface area (Å²) in [4.78, 5) is 16.5. The predicted octanol–water partition coefficient (Wildman–Crippen LogP) is 4.11. The first-order valence-corrected chi connectivity index (χ1v) is 9.38. The second-order valence-electron chi connectivity index (χ2n) is 6.65. The highest BCUT2D eigenvalue weighted by Crippen LogP contribution is 2.23. The molecule has 1 amide bonds. The molecule has 0 saturated carbocycles. The second kappa shape index (κ2) is 7.56. The van der Waals surface area contributed by atoms with Crippen molar-refractivity contribution in [3.63, 3.8) is 0 Å². The van der Waals surface area contributed by atoms with E-state index in [0.717, 1.165) is 16.8 Å². The van der Waals surface area contributed by atoms with E-state index in [0.29, 0.717) is 22.7 Å². The lowest BCUT2D eigenvalue weighted by atomic mass is 10.1. The first kappa shape index (κ1) is 17.7. The third-order valence-corrected chi connectivity index (χ3v) is 4.65. The number of hydrogen-bond acceptors (Lipinski definition) is 5.